The molecule has 0 saturated carbocycles. The first-order valence-corrected chi connectivity index (χ1v) is 2.47. The topological polar surface area (TPSA) is 45.8 Å². The Kier molecular flexibility index (Phi) is 1.34. The molecular formula is C4H4N2OS. The quantitative estimate of drug-likeness (QED) is 0.485. The maximum atomic E-state index is 10.3. The molecule has 1 rings (SSSR count). The first kappa shape index (κ1) is 5.37. The van der Waals surface area contributed by atoms with Crippen LogP contribution in [-0.4, -0.2) is 10.2 Å². The summed E-state index contributed by atoms with van der Waals surface area (Å²) in [5.41, 5.74) is -0.225. The number of nitrogens with zero attached hydrogens (tertiary/aromatic N) is 1. The molecule has 0 saturated heterocycles. The van der Waals surface area contributed by atoms with Gasteiger partial charge in [0.15, 0.2) is 0 Å². The van der Waals surface area contributed by atoms with E-state index in [9.17, 15) is 4.79 Å². The number of thiol groups is 1. The number of hydrogen-bond donors (Lipinski definition) is 2. The minimum absolute atomic E-state index is 0.225. The van der Waals surface area contributed by atoms with Gasteiger partial charge in [-0.2, -0.15) is 5.10 Å². The third-order valence-electron chi connectivity index (χ3n) is 0.651. The summed E-state index contributed by atoms with van der Waals surface area (Å²) >= 11 is 3.87. The molecule has 0 aliphatic rings. The average Bonchev–Trinajstić information content (AvgIpc) is 1.64. The van der Waals surface area contributed by atoms with Crippen LogP contribution in [0.25, 0.3) is 0 Å². The van der Waals surface area contributed by atoms with E-state index in [1.807, 2.05) is 0 Å². The van der Waals surface area contributed by atoms with Gasteiger partial charge in [0.2, 0.25) is 0 Å². The van der Waals surface area contributed by atoms with Crippen LogP contribution in [0.2, 0.25) is 0 Å². The molecule has 0 aromatic carbocycles. The van der Waals surface area contributed by atoms with Crippen LogP contribution in [0.4, 0.5) is 0 Å². The van der Waals surface area contributed by atoms with E-state index in [0.29, 0.717) is 4.90 Å². The second-order valence-electron chi connectivity index (χ2n) is 1.30. The van der Waals surface area contributed by atoms with E-state index in [0.717, 1.165) is 0 Å². The average molecular weight is 128 g/mol. The summed E-state index contributed by atoms with van der Waals surface area (Å²) in [6, 6.07) is 1.36. The van der Waals surface area contributed by atoms with Crippen molar-refractivity contribution >= 4 is 12.6 Å². The Balaban J connectivity index is 3.28. The highest BCUT2D eigenvalue weighted by Gasteiger charge is 1.82. The molecule has 4 heteroatoms. The molecule has 0 aliphatic carbocycles. The van der Waals surface area contributed by atoms with Crippen molar-refractivity contribution in [3.05, 3.63) is 22.6 Å². The van der Waals surface area contributed by atoms with E-state index < -0.39 is 0 Å². The SMILES string of the molecule is O=c1cc(S)cn[nH]1. The molecule has 0 fully saturated rings. The van der Waals surface area contributed by atoms with Crippen LogP contribution in [-0.2, 0) is 0 Å². The van der Waals surface area contributed by atoms with Crippen LogP contribution < -0.4 is 5.56 Å². The van der Waals surface area contributed by atoms with Crippen molar-refractivity contribution in [3.63, 3.8) is 0 Å². The maximum absolute atomic E-state index is 10.3. The molecule has 0 aliphatic heterocycles. The van der Waals surface area contributed by atoms with E-state index in [4.69, 9.17) is 0 Å². The Morgan fingerprint density at radius 2 is 2.50 bits per heavy atom. The zero-order chi connectivity index (χ0) is 5.98. The molecule has 3 nitrogen and oxygen atoms in total. The van der Waals surface area contributed by atoms with Crippen molar-refractivity contribution < 1.29 is 0 Å². The highest BCUT2D eigenvalue weighted by Crippen LogP contribution is 1.93. The zero-order valence-electron chi connectivity index (χ0n) is 3.96. The fourth-order valence-electron chi connectivity index (χ4n) is 0.366. The van der Waals surface area contributed by atoms with Gasteiger partial charge in [-0.05, 0) is 0 Å². The first-order valence-electron chi connectivity index (χ1n) is 2.03. The fraction of sp³-hybridized carbons (Fsp3) is 0. The lowest BCUT2D eigenvalue weighted by Crippen LogP contribution is -2.04. The summed E-state index contributed by atoms with van der Waals surface area (Å²) < 4.78 is 0. The number of hydrogen-bond acceptors (Lipinski definition) is 3. The summed E-state index contributed by atoms with van der Waals surface area (Å²) in [4.78, 5) is 10.9. The van der Waals surface area contributed by atoms with Crippen molar-refractivity contribution in [3.8, 4) is 0 Å². The Hall–Kier alpha value is -0.770. The fourth-order valence-corrected chi connectivity index (χ4v) is 0.541. The van der Waals surface area contributed by atoms with Crippen LogP contribution in [0.5, 0.6) is 0 Å². The number of aromatic nitrogens is 2. The Labute approximate surface area is 51.2 Å². The zero-order valence-corrected chi connectivity index (χ0v) is 4.85. The lowest BCUT2D eigenvalue weighted by molar-refractivity contribution is 0.958. The lowest BCUT2D eigenvalue weighted by atomic mass is 10.6. The van der Waals surface area contributed by atoms with E-state index >= 15 is 0 Å². The largest absolute Gasteiger partial charge is 0.268 e. The lowest BCUT2D eigenvalue weighted by Gasteiger charge is -1.81. The van der Waals surface area contributed by atoms with Crippen LogP contribution in [0, 0.1) is 0 Å². The molecular weight excluding hydrogens is 124 g/mol. The summed E-state index contributed by atoms with van der Waals surface area (Å²) in [6.45, 7) is 0. The molecule has 0 bridgehead atoms. The summed E-state index contributed by atoms with van der Waals surface area (Å²) in [7, 11) is 0. The van der Waals surface area contributed by atoms with Crippen LogP contribution >= 0.6 is 12.6 Å². The summed E-state index contributed by atoms with van der Waals surface area (Å²) in [5, 5.41) is 5.69. The van der Waals surface area contributed by atoms with Crippen molar-refractivity contribution in [2.45, 2.75) is 4.90 Å². The highest BCUT2D eigenvalue weighted by molar-refractivity contribution is 7.80. The van der Waals surface area contributed by atoms with Gasteiger partial charge in [-0.15, -0.1) is 12.6 Å². The molecule has 0 unspecified atom stereocenters. The summed E-state index contributed by atoms with van der Waals surface area (Å²) in [5.74, 6) is 0. The van der Waals surface area contributed by atoms with E-state index in [1.54, 1.807) is 0 Å². The molecule has 1 N–H and O–H groups in total. The van der Waals surface area contributed by atoms with Gasteiger partial charge in [0, 0.05) is 11.0 Å². The third kappa shape index (κ3) is 1.10. The number of H-pyrrole nitrogens is 1. The third-order valence-corrected chi connectivity index (χ3v) is 0.895. The van der Waals surface area contributed by atoms with E-state index in [2.05, 4.69) is 22.8 Å². The molecule has 1 aromatic rings. The highest BCUT2D eigenvalue weighted by atomic mass is 32.1. The maximum Gasteiger partial charge on any atom is 0.265 e. The van der Waals surface area contributed by atoms with Crippen molar-refractivity contribution in [1.82, 2.24) is 10.2 Å². The van der Waals surface area contributed by atoms with Crippen LogP contribution in [0.1, 0.15) is 0 Å². The van der Waals surface area contributed by atoms with Gasteiger partial charge in [-0.3, -0.25) is 4.79 Å². The van der Waals surface area contributed by atoms with E-state index in [1.165, 1.54) is 12.3 Å². The van der Waals surface area contributed by atoms with Gasteiger partial charge in [-0.25, -0.2) is 5.10 Å². The van der Waals surface area contributed by atoms with Gasteiger partial charge in [-0.1, -0.05) is 0 Å². The minimum Gasteiger partial charge on any atom is -0.268 e. The second kappa shape index (κ2) is 2.00. The molecule has 0 spiro atoms. The molecule has 0 radical (unpaired) electrons. The Morgan fingerprint density at radius 1 is 1.75 bits per heavy atom. The van der Waals surface area contributed by atoms with Gasteiger partial charge in [0.05, 0.1) is 6.20 Å². The molecule has 1 heterocycles. The van der Waals surface area contributed by atoms with Gasteiger partial charge in [0.1, 0.15) is 0 Å². The standard InChI is InChI=1S/C4H4N2OS/c7-4-1-3(8)2-5-6-4/h1-2H,(H2,6,7,8). The van der Waals surface area contributed by atoms with Crippen LogP contribution in [0.15, 0.2) is 22.0 Å². The predicted molar refractivity (Wildman–Crippen MR) is 32.1 cm³/mol. The Bertz CT molecular complexity index is 231. The van der Waals surface area contributed by atoms with Crippen molar-refractivity contribution in [2.75, 3.05) is 0 Å². The molecule has 42 valence electrons. The Morgan fingerprint density at radius 3 is 2.88 bits per heavy atom. The normalized spacial score (nSPS) is 9.12. The molecule has 0 amide bonds. The van der Waals surface area contributed by atoms with E-state index in [-0.39, 0.29) is 5.56 Å². The first-order chi connectivity index (χ1) is 3.79. The second-order valence-corrected chi connectivity index (χ2v) is 1.82. The number of aromatic amines is 1. The van der Waals surface area contributed by atoms with Gasteiger partial charge < -0.3 is 0 Å². The van der Waals surface area contributed by atoms with Gasteiger partial charge in [0.25, 0.3) is 5.56 Å². The summed E-state index contributed by atoms with van der Waals surface area (Å²) in [6.07, 6.45) is 1.46. The minimum atomic E-state index is -0.225. The predicted octanol–water partition coefficient (Wildman–Crippen LogP) is 0.0586. The smallest absolute Gasteiger partial charge is 0.265 e. The van der Waals surface area contributed by atoms with Crippen LogP contribution in [0.3, 0.4) is 0 Å². The van der Waals surface area contributed by atoms with Gasteiger partial charge >= 0.3 is 0 Å². The van der Waals surface area contributed by atoms with Crippen molar-refractivity contribution in [1.29, 1.82) is 0 Å². The number of rotatable bonds is 0. The van der Waals surface area contributed by atoms with Crippen molar-refractivity contribution in [2.24, 2.45) is 0 Å². The monoisotopic (exact) mass is 128 g/mol. The number of nitrogens with one attached hydrogen (secondary N) is 1. The molecule has 8 heavy (non-hydrogen) atoms. The molecule has 0 atom stereocenters. The molecule has 1 aromatic heterocycles.